The third-order valence-electron chi connectivity index (χ3n) is 11.3. The Labute approximate surface area is 318 Å². The molecule has 0 radical (unpaired) electrons. The lowest BCUT2D eigenvalue weighted by molar-refractivity contribution is 0.0695. The number of allylic oxidation sites excluding steroid dienone is 1. The molecule has 0 saturated heterocycles. The number of benzene rings is 4. The summed E-state index contributed by atoms with van der Waals surface area (Å²) in [6, 6.07) is 23.9. The standard InChI is InChI=1S/C26H36O.C25H32/c1-16-10-21(22-12-17(2)24(27-9)23(22)11-16)18-13-19(25(3,4)5)15-20(14-18)26(6,7)8;1-16-9-18-10-17(2)12-23(22(18)11-16)19-13-20(24(3,4)5)15-21(14-19)25(6,7)8/h10-11,13-15,17,24H,12H2,1-9H3;9-10,12-15H,11H2,1-8H3. The van der Waals surface area contributed by atoms with Crippen LogP contribution in [-0.4, -0.2) is 7.11 Å². The molecule has 0 spiro atoms. The summed E-state index contributed by atoms with van der Waals surface area (Å²) in [6.45, 7) is 36.7. The van der Waals surface area contributed by atoms with Crippen molar-refractivity contribution in [1.82, 2.24) is 0 Å². The van der Waals surface area contributed by atoms with E-state index in [4.69, 9.17) is 4.74 Å². The minimum atomic E-state index is 0.130. The van der Waals surface area contributed by atoms with Crippen LogP contribution in [-0.2, 0) is 39.2 Å². The molecule has 2 atom stereocenters. The molecule has 1 heteroatoms. The molecule has 4 aromatic carbocycles. The maximum absolute atomic E-state index is 5.85. The molecule has 0 aliphatic heterocycles. The van der Waals surface area contributed by atoms with Gasteiger partial charge in [0.25, 0.3) is 0 Å². The lowest BCUT2D eigenvalue weighted by atomic mass is 9.78. The maximum atomic E-state index is 5.85. The van der Waals surface area contributed by atoms with Crippen LogP contribution in [0.25, 0.3) is 28.3 Å². The van der Waals surface area contributed by atoms with Gasteiger partial charge in [0.2, 0.25) is 0 Å². The number of aryl methyl sites for hydroxylation is 2. The Kier molecular flexibility index (Phi) is 10.8. The molecule has 0 saturated carbocycles. The predicted molar refractivity (Wildman–Crippen MR) is 228 cm³/mol. The van der Waals surface area contributed by atoms with Crippen LogP contribution in [0.2, 0.25) is 0 Å². The minimum Gasteiger partial charge on any atom is -0.376 e. The van der Waals surface area contributed by atoms with Crippen molar-refractivity contribution in [3.8, 4) is 22.3 Å². The number of methoxy groups -OCH3 is 1. The van der Waals surface area contributed by atoms with E-state index >= 15 is 0 Å². The summed E-state index contributed by atoms with van der Waals surface area (Å²) in [5, 5.41) is 0. The second-order valence-corrected chi connectivity index (χ2v) is 20.4. The molecular formula is C51H68O. The van der Waals surface area contributed by atoms with Gasteiger partial charge in [0.05, 0.1) is 6.10 Å². The molecule has 1 nitrogen and oxygen atoms in total. The number of hydrogen-bond donors (Lipinski definition) is 0. The van der Waals surface area contributed by atoms with Gasteiger partial charge in [-0.2, -0.15) is 0 Å². The van der Waals surface area contributed by atoms with E-state index in [1.165, 1.54) is 83.5 Å². The average molecular weight is 697 g/mol. The summed E-state index contributed by atoms with van der Waals surface area (Å²) in [7, 11) is 1.84. The van der Waals surface area contributed by atoms with E-state index in [1.807, 2.05) is 7.11 Å². The third kappa shape index (κ3) is 8.52. The van der Waals surface area contributed by atoms with Crippen molar-refractivity contribution in [3.05, 3.63) is 122 Å². The maximum Gasteiger partial charge on any atom is 0.0852 e. The van der Waals surface area contributed by atoms with Crippen molar-refractivity contribution in [2.75, 3.05) is 7.11 Å². The Morgan fingerprint density at radius 2 is 0.923 bits per heavy atom. The normalized spacial score (nSPS) is 17.4. The van der Waals surface area contributed by atoms with Crippen LogP contribution < -0.4 is 0 Å². The Hall–Kier alpha value is -3.42. The predicted octanol–water partition coefficient (Wildman–Crippen LogP) is 14.4. The van der Waals surface area contributed by atoms with E-state index < -0.39 is 0 Å². The van der Waals surface area contributed by atoms with Crippen molar-refractivity contribution < 1.29 is 4.74 Å². The Bertz CT molecular complexity index is 1920. The minimum absolute atomic E-state index is 0.130. The lowest BCUT2D eigenvalue weighted by Crippen LogP contribution is -2.16. The first-order valence-corrected chi connectivity index (χ1v) is 19.7. The fourth-order valence-corrected chi connectivity index (χ4v) is 8.00. The number of fused-ring (bicyclic) bond motifs is 2. The molecular weight excluding hydrogens is 629 g/mol. The van der Waals surface area contributed by atoms with Crippen molar-refractivity contribution in [2.24, 2.45) is 5.92 Å². The van der Waals surface area contributed by atoms with Crippen LogP contribution in [0.4, 0.5) is 0 Å². The van der Waals surface area contributed by atoms with Crippen molar-refractivity contribution >= 4 is 6.08 Å². The first kappa shape index (κ1) is 39.8. The summed E-state index contributed by atoms with van der Waals surface area (Å²) >= 11 is 0. The topological polar surface area (TPSA) is 9.23 Å². The fraction of sp³-hybridized carbons (Fsp3) is 0.490. The van der Waals surface area contributed by atoms with Crippen LogP contribution >= 0.6 is 0 Å². The molecule has 2 aliphatic carbocycles. The zero-order chi connectivity index (χ0) is 38.7. The molecule has 6 rings (SSSR count). The van der Waals surface area contributed by atoms with Crippen LogP contribution in [0.15, 0.2) is 66.2 Å². The van der Waals surface area contributed by atoms with E-state index in [0.29, 0.717) is 5.92 Å². The van der Waals surface area contributed by atoms with E-state index in [-0.39, 0.29) is 27.8 Å². The summed E-state index contributed by atoms with van der Waals surface area (Å²) in [5.74, 6) is 0.526. The molecule has 278 valence electrons. The average Bonchev–Trinajstić information content (AvgIpc) is 3.55. The van der Waals surface area contributed by atoms with Gasteiger partial charge in [-0.15, -0.1) is 0 Å². The van der Waals surface area contributed by atoms with Gasteiger partial charge in [-0.3, -0.25) is 0 Å². The van der Waals surface area contributed by atoms with Gasteiger partial charge in [0.1, 0.15) is 0 Å². The smallest absolute Gasteiger partial charge is 0.0852 e. The number of rotatable bonds is 3. The fourth-order valence-electron chi connectivity index (χ4n) is 8.00. The zero-order valence-corrected chi connectivity index (χ0v) is 35.8. The highest BCUT2D eigenvalue weighted by Gasteiger charge is 2.32. The molecule has 2 aliphatic rings. The molecule has 0 amide bonds. The van der Waals surface area contributed by atoms with Gasteiger partial charge >= 0.3 is 0 Å². The van der Waals surface area contributed by atoms with E-state index in [1.54, 1.807) is 0 Å². The molecule has 4 aromatic rings. The van der Waals surface area contributed by atoms with Gasteiger partial charge < -0.3 is 4.74 Å². The Balaban J connectivity index is 0.000000202. The van der Waals surface area contributed by atoms with E-state index in [9.17, 15) is 0 Å². The molecule has 0 fully saturated rings. The highest BCUT2D eigenvalue weighted by molar-refractivity contribution is 5.79. The van der Waals surface area contributed by atoms with Gasteiger partial charge in [-0.1, -0.05) is 168 Å². The summed E-state index contributed by atoms with van der Waals surface area (Å²) in [4.78, 5) is 0. The first-order valence-electron chi connectivity index (χ1n) is 19.7. The summed E-state index contributed by atoms with van der Waals surface area (Å²) in [6.07, 6.45) is 4.74. The Morgan fingerprint density at radius 3 is 1.33 bits per heavy atom. The monoisotopic (exact) mass is 697 g/mol. The van der Waals surface area contributed by atoms with Gasteiger partial charge in [0.15, 0.2) is 0 Å². The second-order valence-electron chi connectivity index (χ2n) is 20.4. The van der Waals surface area contributed by atoms with E-state index in [2.05, 4.69) is 178 Å². The second kappa shape index (κ2) is 14.1. The summed E-state index contributed by atoms with van der Waals surface area (Å²) in [5.41, 5.74) is 21.7. The number of hydrogen-bond acceptors (Lipinski definition) is 1. The lowest BCUT2D eigenvalue weighted by Gasteiger charge is -2.27. The van der Waals surface area contributed by atoms with Crippen molar-refractivity contribution in [3.63, 3.8) is 0 Å². The van der Waals surface area contributed by atoms with Crippen LogP contribution in [0.1, 0.15) is 159 Å². The third-order valence-corrected chi connectivity index (χ3v) is 11.3. The molecule has 0 N–H and O–H groups in total. The van der Waals surface area contributed by atoms with Crippen LogP contribution in [0, 0.1) is 19.8 Å². The van der Waals surface area contributed by atoms with Crippen LogP contribution in [0.5, 0.6) is 0 Å². The van der Waals surface area contributed by atoms with E-state index in [0.717, 1.165) is 12.8 Å². The number of ether oxygens (including phenoxy) is 1. The van der Waals surface area contributed by atoms with Gasteiger partial charge in [0, 0.05) is 7.11 Å². The van der Waals surface area contributed by atoms with Crippen molar-refractivity contribution in [1.29, 1.82) is 0 Å². The first-order chi connectivity index (χ1) is 23.9. The largest absolute Gasteiger partial charge is 0.376 e. The molecule has 0 aromatic heterocycles. The zero-order valence-electron chi connectivity index (χ0n) is 35.8. The summed E-state index contributed by atoms with van der Waals surface area (Å²) < 4.78 is 5.85. The van der Waals surface area contributed by atoms with Gasteiger partial charge in [-0.05, 0) is 134 Å². The quantitative estimate of drug-likeness (QED) is 0.207. The molecule has 2 unspecified atom stereocenters. The van der Waals surface area contributed by atoms with Crippen LogP contribution in [0.3, 0.4) is 0 Å². The molecule has 52 heavy (non-hydrogen) atoms. The van der Waals surface area contributed by atoms with Crippen molar-refractivity contribution in [2.45, 2.75) is 151 Å². The highest BCUT2D eigenvalue weighted by Crippen LogP contribution is 2.45. The Morgan fingerprint density at radius 1 is 0.519 bits per heavy atom. The SMILES string of the molecule is CC1=Cc2cc(C)cc(-c3cc(C(C)(C)C)cc(C(C)(C)C)c3)c2C1.COC1c2cc(C)cc(-c3cc(C(C)(C)C)cc(C(C)(C)C)c3)c2CC1C. The highest BCUT2D eigenvalue weighted by atomic mass is 16.5. The molecule has 0 heterocycles. The molecule has 0 bridgehead atoms. The van der Waals surface area contributed by atoms with Gasteiger partial charge in [-0.25, -0.2) is 0 Å².